The molecule has 1 atom stereocenters. The smallest absolute Gasteiger partial charge is 0.0991 e. The number of nitriles is 1. The van der Waals surface area contributed by atoms with Crippen molar-refractivity contribution in [1.82, 2.24) is 0 Å². The maximum absolute atomic E-state index is 8.78. The minimum atomic E-state index is 0.741. The molecule has 1 heterocycles. The Morgan fingerprint density at radius 3 is 2.65 bits per heavy atom. The average Bonchev–Trinajstić information content (AvgIpc) is 2.64. The van der Waals surface area contributed by atoms with Gasteiger partial charge in [0.25, 0.3) is 0 Å². The van der Waals surface area contributed by atoms with Crippen molar-refractivity contribution in [3.63, 3.8) is 0 Å². The van der Waals surface area contributed by atoms with Crippen LogP contribution in [0.1, 0.15) is 24.8 Å². The molecule has 0 spiro atoms. The van der Waals surface area contributed by atoms with Gasteiger partial charge in [-0.1, -0.05) is 0 Å². The van der Waals surface area contributed by atoms with Crippen molar-refractivity contribution in [2.24, 2.45) is 0 Å². The molecule has 1 fully saturated rings. The first-order valence-corrected chi connectivity index (χ1v) is 7.40. The standard InChI is InChI=1S/C14H18N2S/c1-17-14-3-2-9-16(10-8-14)13-6-4-12(11-15)5-7-13/h4-7,14H,2-3,8-10H2,1H3. The molecule has 0 N–H and O–H groups in total. The second kappa shape index (κ2) is 5.97. The van der Waals surface area contributed by atoms with E-state index in [1.54, 1.807) is 0 Å². The molecule has 0 aromatic heterocycles. The molecule has 2 rings (SSSR count). The van der Waals surface area contributed by atoms with Crippen molar-refractivity contribution >= 4 is 17.4 Å². The van der Waals surface area contributed by atoms with E-state index in [0.29, 0.717) is 0 Å². The molecule has 1 aliphatic heterocycles. The summed E-state index contributed by atoms with van der Waals surface area (Å²) in [6.45, 7) is 2.28. The van der Waals surface area contributed by atoms with Gasteiger partial charge in [-0.05, 0) is 49.8 Å². The molecular formula is C14H18N2S. The van der Waals surface area contributed by atoms with Crippen molar-refractivity contribution in [3.05, 3.63) is 29.8 Å². The lowest BCUT2D eigenvalue weighted by Crippen LogP contribution is -2.24. The Morgan fingerprint density at radius 2 is 2.00 bits per heavy atom. The molecule has 0 bridgehead atoms. The number of benzene rings is 1. The highest BCUT2D eigenvalue weighted by molar-refractivity contribution is 7.99. The van der Waals surface area contributed by atoms with Crippen LogP contribution in [0.5, 0.6) is 0 Å². The first-order chi connectivity index (χ1) is 8.33. The van der Waals surface area contributed by atoms with Crippen LogP contribution in [0.2, 0.25) is 0 Å². The maximum atomic E-state index is 8.78. The highest BCUT2D eigenvalue weighted by Crippen LogP contribution is 2.24. The Bertz CT molecular complexity index is 394. The van der Waals surface area contributed by atoms with Crippen LogP contribution >= 0.6 is 11.8 Å². The van der Waals surface area contributed by atoms with Crippen LogP contribution in [0.15, 0.2) is 24.3 Å². The highest BCUT2D eigenvalue weighted by atomic mass is 32.2. The van der Waals surface area contributed by atoms with E-state index in [1.807, 2.05) is 23.9 Å². The minimum Gasteiger partial charge on any atom is -0.371 e. The molecule has 0 amide bonds. The molecular weight excluding hydrogens is 228 g/mol. The molecule has 2 nitrogen and oxygen atoms in total. The van der Waals surface area contributed by atoms with E-state index in [1.165, 1.54) is 24.9 Å². The molecule has 0 radical (unpaired) electrons. The van der Waals surface area contributed by atoms with Crippen LogP contribution < -0.4 is 4.90 Å². The lowest BCUT2D eigenvalue weighted by Gasteiger charge is -2.22. The van der Waals surface area contributed by atoms with Gasteiger partial charge in [0, 0.05) is 24.0 Å². The summed E-state index contributed by atoms with van der Waals surface area (Å²) >= 11 is 1.99. The Hall–Kier alpha value is -1.14. The number of nitrogens with zero attached hydrogens (tertiary/aromatic N) is 2. The molecule has 3 heteroatoms. The predicted molar refractivity (Wildman–Crippen MR) is 74.5 cm³/mol. The molecule has 1 aliphatic rings. The van der Waals surface area contributed by atoms with Crippen LogP contribution in [0.3, 0.4) is 0 Å². The van der Waals surface area contributed by atoms with Gasteiger partial charge < -0.3 is 4.90 Å². The molecule has 1 aromatic rings. The van der Waals surface area contributed by atoms with Crippen LogP contribution in [-0.2, 0) is 0 Å². The first-order valence-electron chi connectivity index (χ1n) is 6.11. The SMILES string of the molecule is CSC1CCCN(c2ccc(C#N)cc2)CC1. The van der Waals surface area contributed by atoms with Gasteiger partial charge in [0.15, 0.2) is 0 Å². The van der Waals surface area contributed by atoms with Crippen molar-refractivity contribution in [2.45, 2.75) is 24.5 Å². The Balaban J connectivity index is 2.04. The van der Waals surface area contributed by atoms with Crippen LogP contribution in [0.25, 0.3) is 0 Å². The topological polar surface area (TPSA) is 27.0 Å². The average molecular weight is 246 g/mol. The summed E-state index contributed by atoms with van der Waals surface area (Å²) in [7, 11) is 0. The quantitative estimate of drug-likeness (QED) is 0.801. The number of rotatable bonds is 2. The van der Waals surface area contributed by atoms with E-state index in [0.717, 1.165) is 23.9 Å². The molecule has 0 aliphatic carbocycles. The Morgan fingerprint density at radius 1 is 1.24 bits per heavy atom. The zero-order chi connectivity index (χ0) is 12.1. The fourth-order valence-electron chi connectivity index (χ4n) is 2.31. The molecule has 90 valence electrons. The summed E-state index contributed by atoms with van der Waals surface area (Å²) in [5.74, 6) is 0. The molecule has 1 unspecified atom stereocenters. The summed E-state index contributed by atoms with van der Waals surface area (Å²) in [5.41, 5.74) is 2.00. The van der Waals surface area contributed by atoms with Gasteiger partial charge in [-0.15, -0.1) is 0 Å². The predicted octanol–water partition coefficient (Wildman–Crippen LogP) is 3.28. The van der Waals surface area contributed by atoms with E-state index < -0.39 is 0 Å². The van der Waals surface area contributed by atoms with Gasteiger partial charge in [-0.2, -0.15) is 17.0 Å². The van der Waals surface area contributed by atoms with E-state index in [9.17, 15) is 0 Å². The van der Waals surface area contributed by atoms with E-state index in [-0.39, 0.29) is 0 Å². The van der Waals surface area contributed by atoms with E-state index >= 15 is 0 Å². The second-order valence-corrected chi connectivity index (χ2v) is 5.57. The largest absolute Gasteiger partial charge is 0.371 e. The fraction of sp³-hybridized carbons (Fsp3) is 0.500. The zero-order valence-corrected chi connectivity index (χ0v) is 11.0. The lowest BCUT2D eigenvalue weighted by molar-refractivity contribution is 0.745. The summed E-state index contributed by atoms with van der Waals surface area (Å²) in [4.78, 5) is 2.44. The monoisotopic (exact) mass is 246 g/mol. The van der Waals surface area contributed by atoms with Gasteiger partial charge in [0.05, 0.1) is 11.6 Å². The minimum absolute atomic E-state index is 0.741. The van der Waals surface area contributed by atoms with Crippen molar-refractivity contribution in [1.29, 1.82) is 5.26 Å². The number of anilines is 1. The molecule has 0 saturated carbocycles. The number of hydrogen-bond donors (Lipinski definition) is 0. The van der Waals surface area contributed by atoms with E-state index in [2.05, 4.69) is 29.4 Å². The lowest BCUT2D eigenvalue weighted by atomic mass is 10.2. The number of hydrogen-bond acceptors (Lipinski definition) is 3. The Labute approximate surface area is 108 Å². The third-order valence-electron chi connectivity index (χ3n) is 3.37. The van der Waals surface area contributed by atoms with Gasteiger partial charge in [-0.25, -0.2) is 0 Å². The summed E-state index contributed by atoms with van der Waals surface area (Å²) in [5, 5.41) is 9.60. The van der Waals surface area contributed by atoms with Crippen LogP contribution in [-0.4, -0.2) is 24.6 Å². The molecule has 1 aromatic carbocycles. The first kappa shape index (κ1) is 12.3. The summed E-state index contributed by atoms with van der Waals surface area (Å²) in [6.07, 6.45) is 6.07. The van der Waals surface area contributed by atoms with Gasteiger partial charge in [0.1, 0.15) is 0 Å². The summed E-state index contributed by atoms with van der Waals surface area (Å²) in [6, 6.07) is 10.1. The maximum Gasteiger partial charge on any atom is 0.0991 e. The third kappa shape index (κ3) is 3.17. The van der Waals surface area contributed by atoms with Gasteiger partial charge in [0.2, 0.25) is 0 Å². The molecule has 1 saturated heterocycles. The third-order valence-corrected chi connectivity index (χ3v) is 4.51. The number of thioether (sulfide) groups is 1. The van der Waals surface area contributed by atoms with Crippen LogP contribution in [0, 0.1) is 11.3 Å². The normalized spacial score (nSPS) is 20.7. The fourth-order valence-corrected chi connectivity index (χ4v) is 3.05. The highest BCUT2D eigenvalue weighted by Gasteiger charge is 2.16. The van der Waals surface area contributed by atoms with Gasteiger partial charge >= 0.3 is 0 Å². The Kier molecular flexibility index (Phi) is 4.33. The zero-order valence-electron chi connectivity index (χ0n) is 10.2. The van der Waals surface area contributed by atoms with Crippen molar-refractivity contribution in [2.75, 3.05) is 24.2 Å². The summed E-state index contributed by atoms with van der Waals surface area (Å²) < 4.78 is 0. The van der Waals surface area contributed by atoms with Gasteiger partial charge in [-0.3, -0.25) is 0 Å². The molecule has 17 heavy (non-hydrogen) atoms. The van der Waals surface area contributed by atoms with Crippen molar-refractivity contribution in [3.8, 4) is 6.07 Å². The van der Waals surface area contributed by atoms with E-state index in [4.69, 9.17) is 5.26 Å². The second-order valence-electron chi connectivity index (χ2n) is 4.43. The van der Waals surface area contributed by atoms with Crippen molar-refractivity contribution < 1.29 is 0 Å². The van der Waals surface area contributed by atoms with Crippen LogP contribution in [0.4, 0.5) is 5.69 Å².